The van der Waals surface area contributed by atoms with Crippen molar-refractivity contribution in [2.24, 2.45) is 0 Å². The Hall–Kier alpha value is -3.15. The molecule has 0 radical (unpaired) electrons. The third kappa shape index (κ3) is 61.6. The fourth-order valence-electron chi connectivity index (χ4n) is 9.36. The van der Waals surface area contributed by atoms with Crippen LogP contribution in [0.2, 0.25) is 0 Å². The zero-order chi connectivity index (χ0) is 54.3. The number of carbonyl (C=O) groups excluding carboxylic acids is 3. The fraction of sp³-hybridized carbons (Fsp3) is 0.783. The first-order chi connectivity index (χ1) is 37.0. The highest BCUT2D eigenvalue weighted by Gasteiger charge is 2.19. The van der Waals surface area contributed by atoms with Crippen LogP contribution in [0.4, 0.5) is 0 Å². The third-order valence-corrected chi connectivity index (χ3v) is 14.2. The summed E-state index contributed by atoms with van der Waals surface area (Å²) in [5, 5.41) is 0. The van der Waals surface area contributed by atoms with Crippen molar-refractivity contribution in [2.75, 3.05) is 13.2 Å². The number of esters is 3. The van der Waals surface area contributed by atoms with E-state index in [0.29, 0.717) is 19.3 Å². The van der Waals surface area contributed by atoms with Crippen LogP contribution in [0.25, 0.3) is 0 Å². The second-order valence-electron chi connectivity index (χ2n) is 21.6. The Morgan fingerprint density at radius 2 is 0.547 bits per heavy atom. The molecule has 0 saturated heterocycles. The summed E-state index contributed by atoms with van der Waals surface area (Å²) in [5.74, 6) is -0.900. The zero-order valence-corrected chi connectivity index (χ0v) is 49.8. The van der Waals surface area contributed by atoms with Crippen molar-refractivity contribution in [3.8, 4) is 0 Å². The Morgan fingerprint density at radius 3 is 0.880 bits per heavy atom. The zero-order valence-electron chi connectivity index (χ0n) is 49.8. The molecule has 0 N–H and O–H groups in total. The minimum Gasteiger partial charge on any atom is -0.462 e. The molecule has 75 heavy (non-hydrogen) atoms. The average molecular weight is 1050 g/mol. The molecule has 6 heteroatoms. The molecule has 0 amide bonds. The van der Waals surface area contributed by atoms with Gasteiger partial charge in [0.1, 0.15) is 13.2 Å². The number of allylic oxidation sites excluding steroid dienone is 12. The van der Waals surface area contributed by atoms with Crippen molar-refractivity contribution in [3.63, 3.8) is 0 Å². The molecule has 0 saturated carbocycles. The summed E-state index contributed by atoms with van der Waals surface area (Å²) in [4.78, 5) is 38.2. The fourth-order valence-corrected chi connectivity index (χ4v) is 9.36. The van der Waals surface area contributed by atoms with Gasteiger partial charge in [-0.3, -0.25) is 14.4 Å². The highest BCUT2D eigenvalue weighted by atomic mass is 16.6. The van der Waals surface area contributed by atoms with Crippen molar-refractivity contribution in [1.29, 1.82) is 0 Å². The summed E-state index contributed by atoms with van der Waals surface area (Å²) in [6, 6.07) is 0. The molecular weight excluding hydrogens is 925 g/mol. The van der Waals surface area contributed by atoms with Gasteiger partial charge < -0.3 is 14.2 Å². The van der Waals surface area contributed by atoms with Crippen LogP contribution in [-0.2, 0) is 28.6 Å². The number of rotatable bonds is 59. The Labute approximate surface area is 465 Å². The molecule has 0 aliphatic heterocycles. The second-order valence-corrected chi connectivity index (χ2v) is 21.6. The Kier molecular flexibility index (Phi) is 60.7. The molecule has 1 atom stereocenters. The van der Waals surface area contributed by atoms with E-state index in [4.69, 9.17) is 14.2 Å². The molecule has 0 rings (SSSR count). The molecule has 1 unspecified atom stereocenters. The molecule has 0 spiro atoms. The van der Waals surface area contributed by atoms with Crippen LogP contribution in [0.15, 0.2) is 72.9 Å². The summed E-state index contributed by atoms with van der Waals surface area (Å²) in [6.07, 6.45) is 82.2. The van der Waals surface area contributed by atoms with E-state index in [9.17, 15) is 14.4 Å². The maximum atomic E-state index is 12.9. The number of hydrogen-bond acceptors (Lipinski definition) is 6. The largest absolute Gasteiger partial charge is 0.462 e. The Balaban J connectivity index is 4.22. The van der Waals surface area contributed by atoms with Crippen LogP contribution in [0.3, 0.4) is 0 Å². The molecule has 0 heterocycles. The predicted molar refractivity (Wildman–Crippen MR) is 325 cm³/mol. The van der Waals surface area contributed by atoms with Crippen molar-refractivity contribution < 1.29 is 28.6 Å². The van der Waals surface area contributed by atoms with Crippen LogP contribution in [-0.4, -0.2) is 37.2 Å². The van der Waals surface area contributed by atoms with Gasteiger partial charge in [-0.05, 0) is 83.5 Å². The lowest BCUT2D eigenvalue weighted by molar-refractivity contribution is -0.167. The van der Waals surface area contributed by atoms with Gasteiger partial charge in [0.2, 0.25) is 0 Å². The Bertz CT molecular complexity index is 1390. The van der Waals surface area contributed by atoms with Crippen molar-refractivity contribution in [1.82, 2.24) is 0 Å². The van der Waals surface area contributed by atoms with Gasteiger partial charge in [-0.1, -0.05) is 299 Å². The standard InChI is InChI=1S/C69H122O6/c1-4-7-10-13-16-19-22-24-26-28-30-32-33-34-35-36-38-39-41-43-45-47-50-53-56-59-62-68(71)74-65-66(64-73-67(70)61-58-55-52-49-21-18-15-12-9-6-3)75-69(72)63-60-57-54-51-48-46-44-42-40-37-31-29-27-25-23-20-17-14-11-8-5-2/h8,11-12,15,17,20,25,27,31,37,42,44,66H,4-7,9-10,13-14,16,18-19,21-24,26,28-30,32-36,38-41,43,45-65H2,1-3H3/b11-8-,15-12-,20-17-,27-25-,37-31-,44-42-. The van der Waals surface area contributed by atoms with E-state index in [1.807, 2.05) is 0 Å². The number of ether oxygens (including phenoxy) is 3. The molecule has 0 aromatic heterocycles. The van der Waals surface area contributed by atoms with E-state index in [-0.39, 0.29) is 31.1 Å². The maximum Gasteiger partial charge on any atom is 0.306 e. The van der Waals surface area contributed by atoms with Gasteiger partial charge in [0.15, 0.2) is 6.10 Å². The minimum atomic E-state index is -0.788. The summed E-state index contributed by atoms with van der Waals surface area (Å²) < 4.78 is 16.9. The van der Waals surface area contributed by atoms with Crippen molar-refractivity contribution >= 4 is 17.9 Å². The van der Waals surface area contributed by atoms with Crippen LogP contribution < -0.4 is 0 Å². The van der Waals surface area contributed by atoms with Crippen molar-refractivity contribution in [3.05, 3.63) is 72.9 Å². The number of hydrogen-bond donors (Lipinski definition) is 0. The topological polar surface area (TPSA) is 78.9 Å². The summed E-state index contributed by atoms with van der Waals surface area (Å²) in [5.41, 5.74) is 0. The van der Waals surface area contributed by atoms with Crippen LogP contribution in [0.1, 0.15) is 329 Å². The van der Waals surface area contributed by atoms with E-state index in [1.165, 1.54) is 167 Å². The molecule has 0 aromatic rings. The van der Waals surface area contributed by atoms with Gasteiger partial charge in [0, 0.05) is 19.3 Å². The third-order valence-electron chi connectivity index (χ3n) is 14.2. The molecule has 0 aliphatic carbocycles. The van der Waals surface area contributed by atoms with Gasteiger partial charge in [-0.2, -0.15) is 0 Å². The monoisotopic (exact) mass is 1050 g/mol. The van der Waals surface area contributed by atoms with Gasteiger partial charge in [-0.25, -0.2) is 0 Å². The summed E-state index contributed by atoms with van der Waals surface area (Å²) in [6.45, 7) is 6.48. The normalized spacial score (nSPS) is 12.5. The molecular formula is C69H122O6. The van der Waals surface area contributed by atoms with Crippen LogP contribution in [0.5, 0.6) is 0 Å². The smallest absolute Gasteiger partial charge is 0.306 e. The van der Waals surface area contributed by atoms with Gasteiger partial charge in [-0.15, -0.1) is 0 Å². The van der Waals surface area contributed by atoms with Gasteiger partial charge in [0.05, 0.1) is 0 Å². The van der Waals surface area contributed by atoms with E-state index < -0.39 is 6.10 Å². The first-order valence-electron chi connectivity index (χ1n) is 32.4. The molecule has 0 fully saturated rings. The summed E-state index contributed by atoms with van der Waals surface area (Å²) >= 11 is 0. The van der Waals surface area contributed by atoms with E-state index in [2.05, 4.69) is 93.7 Å². The SMILES string of the molecule is CC/C=C\C/C=C\C/C=C\C/C=C\C/C=C\CCCCCCCC(=O)OC(COC(=O)CCCCCCC/C=C\CCC)COC(=O)CCCCCCCCCCCCCCCCCCCCCCCCCCCC. The van der Waals surface area contributed by atoms with E-state index >= 15 is 0 Å². The summed E-state index contributed by atoms with van der Waals surface area (Å²) in [7, 11) is 0. The maximum absolute atomic E-state index is 12.9. The van der Waals surface area contributed by atoms with E-state index in [0.717, 1.165) is 122 Å². The highest BCUT2D eigenvalue weighted by molar-refractivity contribution is 5.71. The quantitative estimate of drug-likeness (QED) is 0.0261. The van der Waals surface area contributed by atoms with Gasteiger partial charge >= 0.3 is 17.9 Å². The van der Waals surface area contributed by atoms with Crippen LogP contribution >= 0.6 is 0 Å². The number of carbonyl (C=O) groups is 3. The average Bonchev–Trinajstić information content (AvgIpc) is 3.41. The van der Waals surface area contributed by atoms with E-state index in [1.54, 1.807) is 0 Å². The molecule has 0 bridgehead atoms. The molecule has 6 nitrogen and oxygen atoms in total. The second kappa shape index (κ2) is 63.4. The lowest BCUT2D eigenvalue weighted by Gasteiger charge is -2.18. The lowest BCUT2D eigenvalue weighted by Crippen LogP contribution is -2.30. The van der Waals surface area contributed by atoms with Crippen LogP contribution in [0, 0.1) is 0 Å². The minimum absolute atomic E-state index is 0.0835. The molecule has 434 valence electrons. The predicted octanol–water partition coefficient (Wildman–Crippen LogP) is 22.1. The van der Waals surface area contributed by atoms with Crippen molar-refractivity contribution in [2.45, 2.75) is 335 Å². The molecule has 0 aromatic carbocycles. The lowest BCUT2D eigenvalue weighted by atomic mass is 10.0. The number of unbranched alkanes of at least 4 members (excludes halogenated alkanes) is 36. The highest BCUT2D eigenvalue weighted by Crippen LogP contribution is 2.17. The Morgan fingerprint density at radius 1 is 0.280 bits per heavy atom. The first kappa shape index (κ1) is 71.8. The van der Waals surface area contributed by atoms with Gasteiger partial charge in [0.25, 0.3) is 0 Å². The first-order valence-corrected chi connectivity index (χ1v) is 32.4. The molecule has 0 aliphatic rings.